The number of hydrogen-bond acceptors (Lipinski definition) is 6. The molecule has 0 aliphatic rings. The van der Waals surface area contributed by atoms with Gasteiger partial charge in [-0.2, -0.15) is 0 Å². The standard InChI is InChI=1S/C20H18GeN2O2S2.Pt/c1-21(2,19-22-15(11-26-19)13-7-3-5-9-17(13)24)20-23-16(12-27-20)14-8-4-6-10-18(14)25;/h3-12,24-25H,1-2H3;. The first-order chi connectivity index (χ1) is 13.0. The molecule has 4 rings (SSSR count). The molecule has 0 amide bonds. The van der Waals surface area contributed by atoms with Crippen molar-refractivity contribution >= 4 is 43.6 Å². The Labute approximate surface area is 188 Å². The molecule has 0 saturated heterocycles. The number of aromatic nitrogens is 2. The number of phenols is 2. The molecule has 0 fully saturated rings. The maximum absolute atomic E-state index is 10.1. The molecule has 0 spiro atoms. The molecule has 0 radical (unpaired) electrons. The molecule has 0 atom stereocenters. The second-order valence-corrected chi connectivity index (χ2v) is 18.8. The van der Waals surface area contributed by atoms with E-state index < -0.39 is 13.3 Å². The molecule has 0 unspecified atom stereocenters. The van der Waals surface area contributed by atoms with E-state index in [0.717, 1.165) is 30.2 Å². The van der Waals surface area contributed by atoms with Crippen molar-refractivity contribution in [1.82, 2.24) is 9.97 Å². The van der Waals surface area contributed by atoms with Gasteiger partial charge in [-0.1, -0.05) is 0 Å². The van der Waals surface area contributed by atoms with Gasteiger partial charge in [0.25, 0.3) is 0 Å². The molecule has 8 heteroatoms. The summed E-state index contributed by atoms with van der Waals surface area (Å²) in [6.07, 6.45) is 0. The van der Waals surface area contributed by atoms with Crippen LogP contribution < -0.4 is 7.68 Å². The summed E-state index contributed by atoms with van der Waals surface area (Å²) < 4.78 is 2.23. The first-order valence-corrected chi connectivity index (χ1v) is 16.5. The van der Waals surface area contributed by atoms with Crippen LogP contribution in [-0.4, -0.2) is 33.4 Å². The number of aromatic hydroxyl groups is 2. The Morgan fingerprint density at radius 3 is 1.50 bits per heavy atom. The molecular weight excluding hydrogens is 632 g/mol. The van der Waals surface area contributed by atoms with Crippen LogP contribution in [0.4, 0.5) is 0 Å². The summed E-state index contributed by atoms with van der Waals surface area (Å²) in [7, 11) is 0. The predicted molar refractivity (Wildman–Crippen MR) is 115 cm³/mol. The van der Waals surface area contributed by atoms with Crippen molar-refractivity contribution in [3.8, 4) is 34.0 Å². The fourth-order valence-corrected chi connectivity index (χ4v) is 12.4. The van der Waals surface area contributed by atoms with Crippen LogP contribution in [0.25, 0.3) is 22.5 Å². The van der Waals surface area contributed by atoms with Gasteiger partial charge in [-0.05, 0) is 0 Å². The summed E-state index contributed by atoms with van der Waals surface area (Å²) in [5, 5.41) is 24.2. The first kappa shape index (κ1) is 21.2. The Morgan fingerprint density at radius 1 is 0.714 bits per heavy atom. The van der Waals surface area contributed by atoms with Gasteiger partial charge in [-0.15, -0.1) is 0 Å². The monoisotopic (exact) mass is 651 g/mol. The van der Waals surface area contributed by atoms with Crippen LogP contribution in [0.2, 0.25) is 11.5 Å². The fourth-order valence-electron chi connectivity index (χ4n) is 2.84. The molecule has 0 aliphatic heterocycles. The van der Waals surface area contributed by atoms with Crippen LogP contribution in [-0.2, 0) is 21.1 Å². The number of benzene rings is 2. The van der Waals surface area contributed by atoms with Crippen LogP contribution in [0.15, 0.2) is 59.3 Å². The zero-order chi connectivity index (χ0) is 19.0. The van der Waals surface area contributed by atoms with Crippen molar-refractivity contribution in [1.29, 1.82) is 0 Å². The number of para-hydroxylation sites is 2. The van der Waals surface area contributed by atoms with E-state index in [9.17, 15) is 10.2 Å². The molecule has 28 heavy (non-hydrogen) atoms. The molecule has 2 aromatic carbocycles. The molecule has 0 saturated carbocycles. The molecule has 4 nitrogen and oxygen atoms in total. The van der Waals surface area contributed by atoms with E-state index in [4.69, 9.17) is 9.97 Å². The summed E-state index contributed by atoms with van der Waals surface area (Å²) in [6.45, 7) is 0. The van der Waals surface area contributed by atoms with Crippen molar-refractivity contribution in [3.05, 3.63) is 59.3 Å². The van der Waals surface area contributed by atoms with Crippen molar-refractivity contribution < 1.29 is 31.3 Å². The van der Waals surface area contributed by atoms with Gasteiger partial charge in [0, 0.05) is 21.1 Å². The Kier molecular flexibility index (Phi) is 6.44. The minimum atomic E-state index is -2.65. The van der Waals surface area contributed by atoms with Crippen molar-refractivity contribution in [2.75, 3.05) is 0 Å². The topological polar surface area (TPSA) is 66.2 Å². The van der Waals surface area contributed by atoms with E-state index >= 15 is 0 Å². The van der Waals surface area contributed by atoms with Crippen molar-refractivity contribution in [2.45, 2.75) is 11.5 Å². The summed E-state index contributed by atoms with van der Waals surface area (Å²) in [6, 6.07) is 14.6. The van der Waals surface area contributed by atoms with Crippen LogP contribution in [0, 0.1) is 0 Å². The molecule has 0 aliphatic carbocycles. The van der Waals surface area contributed by atoms with E-state index in [1.807, 2.05) is 47.2 Å². The van der Waals surface area contributed by atoms with Gasteiger partial charge in [0.2, 0.25) is 0 Å². The average molecular weight is 650 g/mol. The van der Waals surface area contributed by atoms with Crippen LogP contribution in [0.5, 0.6) is 11.5 Å². The molecular formula is C20H18GeN2O2PtS2. The van der Waals surface area contributed by atoms with Crippen molar-refractivity contribution in [2.24, 2.45) is 0 Å². The van der Waals surface area contributed by atoms with Crippen molar-refractivity contribution in [3.63, 3.8) is 0 Å². The minimum absolute atomic E-state index is 0. The van der Waals surface area contributed by atoms with Gasteiger partial charge in [0.1, 0.15) is 0 Å². The second-order valence-electron chi connectivity index (χ2n) is 6.74. The minimum Gasteiger partial charge on any atom is 0 e. The molecule has 0 bridgehead atoms. The first-order valence-electron chi connectivity index (χ1n) is 8.45. The second kappa shape index (κ2) is 8.49. The maximum atomic E-state index is 10.1. The van der Waals surface area contributed by atoms with Crippen LogP contribution >= 0.6 is 22.7 Å². The molecule has 2 N–H and O–H groups in total. The third-order valence-corrected chi connectivity index (χ3v) is 17.5. The Bertz CT molecular complexity index is 1030. The number of phenolic OH excluding ortho intramolecular Hbond substituents is 2. The van der Waals surface area contributed by atoms with E-state index in [0.29, 0.717) is 0 Å². The molecule has 4 aromatic rings. The zero-order valence-corrected chi connectivity index (χ0v) is 21.2. The van der Waals surface area contributed by atoms with Gasteiger partial charge in [-0.3, -0.25) is 0 Å². The zero-order valence-electron chi connectivity index (χ0n) is 15.2. The molecule has 2 heterocycles. The maximum Gasteiger partial charge on any atom is 0 e. The normalized spacial score (nSPS) is 11.2. The van der Waals surface area contributed by atoms with E-state index in [-0.39, 0.29) is 32.6 Å². The summed E-state index contributed by atoms with van der Waals surface area (Å²) in [5.74, 6) is 5.05. The predicted octanol–water partition coefficient (Wildman–Crippen LogP) is 4.16. The third-order valence-electron chi connectivity index (χ3n) is 4.44. The number of hydrogen-bond donors (Lipinski definition) is 2. The third kappa shape index (κ3) is 3.96. The van der Waals surface area contributed by atoms with Gasteiger partial charge in [0.15, 0.2) is 0 Å². The Hall–Kier alpha value is -1.47. The van der Waals surface area contributed by atoms with E-state index in [1.54, 1.807) is 34.8 Å². The largest absolute Gasteiger partial charge is 0 e. The summed E-state index contributed by atoms with van der Waals surface area (Å²) in [5.41, 5.74) is 3.13. The molecule has 2 aromatic heterocycles. The quantitative estimate of drug-likeness (QED) is 0.326. The molecule has 146 valence electrons. The summed E-state index contributed by atoms with van der Waals surface area (Å²) in [4.78, 5) is 9.70. The number of nitrogens with zero attached hydrogens (tertiary/aromatic N) is 2. The van der Waals surface area contributed by atoms with E-state index in [2.05, 4.69) is 11.5 Å². The SMILES string of the molecule is [CH3][Ge]([CH3])([c]1nc(-c2ccccc2O)cs1)[c]1nc(-c2ccccc2O)cs1.[Pt]. The number of rotatable bonds is 4. The van der Waals surface area contributed by atoms with Gasteiger partial charge < -0.3 is 0 Å². The Balaban J connectivity index is 0.00000225. The number of thiazole rings is 2. The van der Waals surface area contributed by atoms with Gasteiger partial charge in [-0.25, -0.2) is 0 Å². The van der Waals surface area contributed by atoms with Gasteiger partial charge >= 0.3 is 169 Å². The van der Waals surface area contributed by atoms with Gasteiger partial charge in [0.05, 0.1) is 0 Å². The van der Waals surface area contributed by atoms with Crippen LogP contribution in [0.1, 0.15) is 0 Å². The smallest absolute Gasteiger partial charge is 0 e. The van der Waals surface area contributed by atoms with E-state index in [1.165, 1.54) is 0 Å². The fraction of sp³-hybridized carbons (Fsp3) is 0.100. The summed E-state index contributed by atoms with van der Waals surface area (Å²) >= 11 is 0.629. The van der Waals surface area contributed by atoms with Crippen LogP contribution in [0.3, 0.4) is 0 Å². The average Bonchev–Trinajstić information content (AvgIpc) is 3.33. The Morgan fingerprint density at radius 2 is 1.11 bits per heavy atom.